The number of aryl methyl sites for hydroxylation is 1. The third-order valence-corrected chi connectivity index (χ3v) is 4.38. The van der Waals surface area contributed by atoms with Crippen molar-refractivity contribution in [3.63, 3.8) is 0 Å². The highest BCUT2D eigenvalue weighted by molar-refractivity contribution is 6.30. The number of benzene rings is 1. The molecule has 0 saturated heterocycles. The van der Waals surface area contributed by atoms with Gasteiger partial charge in [-0.1, -0.05) is 30.9 Å². The van der Waals surface area contributed by atoms with E-state index in [2.05, 4.69) is 20.6 Å². The molecule has 0 aliphatic heterocycles. The van der Waals surface area contributed by atoms with Crippen molar-refractivity contribution < 1.29 is 4.79 Å². The highest BCUT2D eigenvalue weighted by Gasteiger charge is 2.16. The third kappa shape index (κ3) is 4.45. The van der Waals surface area contributed by atoms with Crippen molar-refractivity contribution >= 4 is 29.1 Å². The molecular formula is C18H21ClN4O. The highest BCUT2D eigenvalue weighted by atomic mass is 35.5. The van der Waals surface area contributed by atoms with Crippen LogP contribution in [0, 0.1) is 6.92 Å². The smallest absolute Gasteiger partial charge is 0.274 e. The number of anilines is 2. The normalized spacial score (nSPS) is 15.1. The largest absolute Gasteiger partial charge is 0.351 e. The number of rotatable bonds is 4. The second-order valence-corrected chi connectivity index (χ2v) is 6.59. The van der Waals surface area contributed by atoms with E-state index in [1.165, 1.54) is 19.3 Å². The van der Waals surface area contributed by atoms with Gasteiger partial charge in [-0.25, -0.2) is 9.97 Å². The molecular weight excluding hydrogens is 324 g/mol. The number of carbonyl (C=O) groups excluding carboxylic acids is 1. The second kappa shape index (κ2) is 7.62. The Bertz CT molecular complexity index is 711. The Labute approximate surface area is 146 Å². The van der Waals surface area contributed by atoms with Gasteiger partial charge in [0, 0.05) is 22.4 Å². The molecule has 0 bridgehead atoms. The Morgan fingerprint density at radius 1 is 1.12 bits per heavy atom. The number of halogens is 1. The van der Waals surface area contributed by atoms with Gasteiger partial charge in [-0.05, 0) is 50.1 Å². The molecule has 1 aliphatic carbocycles. The molecule has 1 saturated carbocycles. The predicted octanol–water partition coefficient (Wildman–Crippen LogP) is 4.44. The zero-order valence-corrected chi connectivity index (χ0v) is 14.4. The van der Waals surface area contributed by atoms with Crippen LogP contribution in [0.2, 0.25) is 5.02 Å². The second-order valence-electron chi connectivity index (χ2n) is 6.16. The van der Waals surface area contributed by atoms with Crippen LogP contribution in [0.4, 0.5) is 11.6 Å². The fraction of sp³-hybridized carbons (Fsp3) is 0.389. The summed E-state index contributed by atoms with van der Waals surface area (Å²) >= 11 is 5.86. The molecule has 2 N–H and O–H groups in total. The number of amides is 1. The lowest BCUT2D eigenvalue weighted by Gasteiger charge is -2.23. The maximum absolute atomic E-state index is 12.4. The van der Waals surface area contributed by atoms with Gasteiger partial charge in [0.05, 0.1) is 0 Å². The van der Waals surface area contributed by atoms with E-state index < -0.39 is 0 Å². The Morgan fingerprint density at radius 2 is 1.83 bits per heavy atom. The van der Waals surface area contributed by atoms with Crippen LogP contribution in [-0.4, -0.2) is 21.9 Å². The Balaban J connectivity index is 1.72. The van der Waals surface area contributed by atoms with E-state index in [1.807, 2.05) is 6.92 Å². The fourth-order valence-electron chi connectivity index (χ4n) is 2.91. The van der Waals surface area contributed by atoms with E-state index in [0.29, 0.717) is 28.4 Å². The average Bonchev–Trinajstić information content (AvgIpc) is 2.57. The lowest BCUT2D eigenvalue weighted by atomic mass is 9.96. The fourth-order valence-corrected chi connectivity index (χ4v) is 3.03. The molecule has 24 heavy (non-hydrogen) atoms. The molecule has 5 nitrogen and oxygen atoms in total. The summed E-state index contributed by atoms with van der Waals surface area (Å²) in [6.07, 6.45) is 6.01. The lowest BCUT2D eigenvalue weighted by Crippen LogP contribution is -2.24. The molecule has 0 unspecified atom stereocenters. The first-order chi connectivity index (χ1) is 11.6. The maximum Gasteiger partial charge on any atom is 0.274 e. The van der Waals surface area contributed by atoms with E-state index >= 15 is 0 Å². The SMILES string of the molecule is Cc1cc(C(=O)Nc2ccc(Cl)cc2)nc(NC2CCCCC2)n1. The van der Waals surface area contributed by atoms with Crippen LogP contribution in [0.1, 0.15) is 48.3 Å². The minimum atomic E-state index is -0.255. The van der Waals surface area contributed by atoms with Gasteiger partial charge < -0.3 is 10.6 Å². The van der Waals surface area contributed by atoms with Crippen molar-refractivity contribution in [1.82, 2.24) is 9.97 Å². The lowest BCUT2D eigenvalue weighted by molar-refractivity contribution is 0.102. The maximum atomic E-state index is 12.4. The zero-order valence-electron chi connectivity index (χ0n) is 13.7. The monoisotopic (exact) mass is 344 g/mol. The van der Waals surface area contributed by atoms with Crippen LogP contribution in [0.25, 0.3) is 0 Å². The molecule has 0 radical (unpaired) electrons. The molecule has 0 atom stereocenters. The molecule has 3 rings (SSSR count). The summed E-state index contributed by atoms with van der Waals surface area (Å²) in [7, 11) is 0. The van der Waals surface area contributed by atoms with Crippen LogP contribution in [-0.2, 0) is 0 Å². The van der Waals surface area contributed by atoms with Crippen molar-refractivity contribution in [2.24, 2.45) is 0 Å². The standard InChI is InChI=1S/C18H21ClN4O/c1-12-11-16(17(24)21-15-9-7-13(19)8-10-15)23-18(20-12)22-14-5-3-2-4-6-14/h7-11,14H,2-6H2,1H3,(H,21,24)(H,20,22,23). The van der Waals surface area contributed by atoms with Crippen LogP contribution >= 0.6 is 11.6 Å². The summed E-state index contributed by atoms with van der Waals surface area (Å²) in [6, 6.07) is 9.08. The summed E-state index contributed by atoms with van der Waals surface area (Å²) in [5.41, 5.74) is 1.81. The molecule has 1 fully saturated rings. The zero-order chi connectivity index (χ0) is 16.9. The number of nitrogens with one attached hydrogen (secondary N) is 2. The Kier molecular flexibility index (Phi) is 5.30. The van der Waals surface area contributed by atoms with Crippen molar-refractivity contribution in [2.75, 3.05) is 10.6 Å². The van der Waals surface area contributed by atoms with Crippen LogP contribution in [0.5, 0.6) is 0 Å². The first kappa shape index (κ1) is 16.7. The van der Waals surface area contributed by atoms with E-state index in [-0.39, 0.29) is 5.91 Å². The van der Waals surface area contributed by atoms with Crippen LogP contribution in [0.3, 0.4) is 0 Å². The molecule has 1 aliphatic rings. The number of nitrogens with zero attached hydrogens (tertiary/aromatic N) is 2. The van der Waals surface area contributed by atoms with Gasteiger partial charge in [-0.2, -0.15) is 0 Å². The Morgan fingerprint density at radius 3 is 2.54 bits per heavy atom. The molecule has 6 heteroatoms. The van der Waals surface area contributed by atoms with Gasteiger partial charge in [-0.15, -0.1) is 0 Å². The summed E-state index contributed by atoms with van der Waals surface area (Å²) in [6.45, 7) is 1.87. The highest BCUT2D eigenvalue weighted by Crippen LogP contribution is 2.21. The van der Waals surface area contributed by atoms with Gasteiger partial charge in [0.1, 0.15) is 5.69 Å². The number of aromatic nitrogens is 2. The van der Waals surface area contributed by atoms with Gasteiger partial charge in [0.2, 0.25) is 5.95 Å². The van der Waals surface area contributed by atoms with Crippen LogP contribution < -0.4 is 10.6 Å². The topological polar surface area (TPSA) is 66.9 Å². The van der Waals surface area contributed by atoms with E-state index in [9.17, 15) is 4.79 Å². The molecule has 0 spiro atoms. The van der Waals surface area contributed by atoms with E-state index in [1.54, 1.807) is 30.3 Å². The van der Waals surface area contributed by atoms with Crippen molar-refractivity contribution in [1.29, 1.82) is 0 Å². The quantitative estimate of drug-likeness (QED) is 0.860. The van der Waals surface area contributed by atoms with E-state index in [4.69, 9.17) is 11.6 Å². The molecule has 1 aromatic heterocycles. The van der Waals surface area contributed by atoms with Crippen molar-refractivity contribution in [2.45, 2.75) is 45.1 Å². The number of hydrogen-bond acceptors (Lipinski definition) is 4. The van der Waals surface area contributed by atoms with Crippen molar-refractivity contribution in [3.05, 3.63) is 46.7 Å². The first-order valence-electron chi connectivity index (χ1n) is 8.29. The molecule has 2 aromatic rings. The number of carbonyl (C=O) groups is 1. The van der Waals surface area contributed by atoms with Gasteiger partial charge >= 0.3 is 0 Å². The van der Waals surface area contributed by atoms with Crippen molar-refractivity contribution in [3.8, 4) is 0 Å². The minimum absolute atomic E-state index is 0.255. The summed E-state index contributed by atoms with van der Waals surface area (Å²) < 4.78 is 0. The number of hydrogen-bond donors (Lipinski definition) is 2. The molecule has 1 heterocycles. The van der Waals surface area contributed by atoms with E-state index in [0.717, 1.165) is 18.5 Å². The Hall–Kier alpha value is -2.14. The van der Waals surface area contributed by atoms with Gasteiger partial charge in [0.25, 0.3) is 5.91 Å². The minimum Gasteiger partial charge on any atom is -0.351 e. The molecule has 126 valence electrons. The molecule has 1 aromatic carbocycles. The predicted molar refractivity (Wildman–Crippen MR) is 96.7 cm³/mol. The van der Waals surface area contributed by atoms with Gasteiger partial charge in [0.15, 0.2) is 0 Å². The first-order valence-corrected chi connectivity index (χ1v) is 8.67. The van der Waals surface area contributed by atoms with Gasteiger partial charge in [-0.3, -0.25) is 4.79 Å². The summed E-state index contributed by atoms with van der Waals surface area (Å²) in [5, 5.41) is 6.83. The van der Waals surface area contributed by atoms with Crippen LogP contribution in [0.15, 0.2) is 30.3 Å². The summed E-state index contributed by atoms with van der Waals surface area (Å²) in [5.74, 6) is 0.276. The average molecular weight is 345 g/mol. The molecule has 1 amide bonds. The third-order valence-electron chi connectivity index (χ3n) is 4.13. The summed E-state index contributed by atoms with van der Waals surface area (Å²) in [4.78, 5) is 21.2.